The average molecular weight is 209 g/mol. The predicted molar refractivity (Wildman–Crippen MR) is 59.4 cm³/mol. The molecule has 4 heteroatoms. The van der Waals surface area contributed by atoms with E-state index in [-0.39, 0.29) is 5.91 Å². The van der Waals surface area contributed by atoms with Crippen LogP contribution in [0.25, 0.3) is 0 Å². The van der Waals surface area contributed by atoms with Crippen LogP contribution in [0.3, 0.4) is 0 Å². The summed E-state index contributed by atoms with van der Waals surface area (Å²) in [7, 11) is 0. The van der Waals surface area contributed by atoms with Crippen LogP contribution >= 0.6 is 0 Å². The Kier molecular flexibility index (Phi) is 5.51. The molecule has 1 amide bonds. The standard InChI is InChI=1S/C11H19N3O/c1-2-5-11(15)13-6-3-4-8-14-9-7-12-10-14/h7,9-10H,2-6,8H2,1H3,(H,13,15). The molecule has 84 valence electrons. The van der Waals surface area contributed by atoms with E-state index in [0.29, 0.717) is 6.42 Å². The van der Waals surface area contributed by atoms with Gasteiger partial charge in [-0.15, -0.1) is 0 Å². The molecule has 0 aliphatic carbocycles. The fraction of sp³-hybridized carbons (Fsp3) is 0.636. The van der Waals surface area contributed by atoms with Crippen LogP contribution in [-0.4, -0.2) is 22.0 Å². The number of carbonyl (C=O) groups is 1. The van der Waals surface area contributed by atoms with E-state index in [9.17, 15) is 4.79 Å². The summed E-state index contributed by atoms with van der Waals surface area (Å²) < 4.78 is 2.05. The van der Waals surface area contributed by atoms with Crippen molar-refractivity contribution < 1.29 is 4.79 Å². The monoisotopic (exact) mass is 209 g/mol. The number of amides is 1. The van der Waals surface area contributed by atoms with Crippen molar-refractivity contribution in [2.24, 2.45) is 0 Å². The Morgan fingerprint density at radius 2 is 2.33 bits per heavy atom. The Morgan fingerprint density at radius 3 is 3.00 bits per heavy atom. The number of carbonyl (C=O) groups excluding carboxylic acids is 1. The Bertz CT molecular complexity index is 269. The molecule has 1 rings (SSSR count). The van der Waals surface area contributed by atoms with Gasteiger partial charge in [-0.25, -0.2) is 4.98 Å². The van der Waals surface area contributed by atoms with E-state index >= 15 is 0 Å². The smallest absolute Gasteiger partial charge is 0.219 e. The second-order valence-corrected chi connectivity index (χ2v) is 3.61. The summed E-state index contributed by atoms with van der Waals surface area (Å²) in [5, 5.41) is 2.90. The van der Waals surface area contributed by atoms with E-state index in [1.54, 1.807) is 6.20 Å². The second-order valence-electron chi connectivity index (χ2n) is 3.61. The number of aryl methyl sites for hydroxylation is 1. The van der Waals surface area contributed by atoms with Crippen molar-refractivity contribution >= 4 is 5.91 Å². The first-order valence-corrected chi connectivity index (χ1v) is 5.55. The third-order valence-corrected chi connectivity index (χ3v) is 2.20. The summed E-state index contributed by atoms with van der Waals surface area (Å²) in [6, 6.07) is 0. The fourth-order valence-electron chi connectivity index (χ4n) is 1.38. The van der Waals surface area contributed by atoms with Gasteiger partial charge in [0.1, 0.15) is 0 Å². The minimum atomic E-state index is 0.167. The summed E-state index contributed by atoms with van der Waals surface area (Å²) >= 11 is 0. The highest BCUT2D eigenvalue weighted by atomic mass is 16.1. The Balaban J connectivity index is 1.95. The summed E-state index contributed by atoms with van der Waals surface area (Å²) in [6.07, 6.45) is 9.20. The number of imidazole rings is 1. The zero-order valence-corrected chi connectivity index (χ0v) is 9.28. The zero-order chi connectivity index (χ0) is 10.9. The van der Waals surface area contributed by atoms with Gasteiger partial charge in [-0.3, -0.25) is 4.79 Å². The SMILES string of the molecule is CCCC(=O)NCCCCn1ccnc1. The van der Waals surface area contributed by atoms with Crippen molar-refractivity contribution in [1.82, 2.24) is 14.9 Å². The number of aromatic nitrogens is 2. The van der Waals surface area contributed by atoms with Crippen molar-refractivity contribution in [3.63, 3.8) is 0 Å². The molecule has 15 heavy (non-hydrogen) atoms. The van der Waals surface area contributed by atoms with Crippen molar-refractivity contribution in [3.05, 3.63) is 18.7 Å². The minimum Gasteiger partial charge on any atom is -0.356 e. The van der Waals surface area contributed by atoms with Crippen LogP contribution in [0.4, 0.5) is 0 Å². The molecule has 0 aliphatic heterocycles. The van der Waals surface area contributed by atoms with E-state index in [4.69, 9.17) is 0 Å². The normalized spacial score (nSPS) is 10.2. The fourth-order valence-corrected chi connectivity index (χ4v) is 1.38. The molecule has 1 aromatic rings. The topological polar surface area (TPSA) is 46.9 Å². The van der Waals surface area contributed by atoms with Crippen molar-refractivity contribution in [1.29, 1.82) is 0 Å². The van der Waals surface area contributed by atoms with E-state index in [2.05, 4.69) is 10.3 Å². The lowest BCUT2D eigenvalue weighted by atomic mass is 10.3. The number of rotatable bonds is 7. The van der Waals surface area contributed by atoms with Gasteiger partial charge >= 0.3 is 0 Å². The van der Waals surface area contributed by atoms with E-state index in [1.807, 2.05) is 24.0 Å². The predicted octanol–water partition coefficient (Wildman–Crippen LogP) is 1.58. The molecule has 1 heterocycles. The molecule has 0 aromatic carbocycles. The van der Waals surface area contributed by atoms with Crippen LogP contribution in [0, 0.1) is 0 Å². The first kappa shape index (κ1) is 11.8. The molecule has 1 aromatic heterocycles. The second kappa shape index (κ2) is 7.04. The number of nitrogens with one attached hydrogen (secondary N) is 1. The summed E-state index contributed by atoms with van der Waals surface area (Å²) in [5.74, 6) is 0.167. The number of nitrogens with zero attached hydrogens (tertiary/aromatic N) is 2. The zero-order valence-electron chi connectivity index (χ0n) is 9.28. The molecular formula is C11H19N3O. The molecule has 0 bridgehead atoms. The largest absolute Gasteiger partial charge is 0.356 e. The number of hydrogen-bond donors (Lipinski definition) is 1. The van der Waals surface area contributed by atoms with Crippen LogP contribution in [-0.2, 0) is 11.3 Å². The van der Waals surface area contributed by atoms with Crippen molar-refractivity contribution in [3.8, 4) is 0 Å². The molecule has 0 aliphatic rings. The maximum absolute atomic E-state index is 11.1. The lowest BCUT2D eigenvalue weighted by Gasteiger charge is -2.04. The molecular weight excluding hydrogens is 190 g/mol. The molecule has 0 fully saturated rings. The molecule has 0 saturated carbocycles. The van der Waals surface area contributed by atoms with Gasteiger partial charge in [-0.05, 0) is 19.3 Å². The van der Waals surface area contributed by atoms with Crippen molar-refractivity contribution in [2.75, 3.05) is 6.54 Å². The molecule has 0 unspecified atom stereocenters. The highest BCUT2D eigenvalue weighted by Crippen LogP contribution is 1.94. The first-order chi connectivity index (χ1) is 7.33. The average Bonchev–Trinajstić information content (AvgIpc) is 2.70. The Hall–Kier alpha value is -1.32. The quantitative estimate of drug-likeness (QED) is 0.693. The molecule has 0 radical (unpaired) electrons. The molecule has 1 N–H and O–H groups in total. The lowest BCUT2D eigenvalue weighted by Crippen LogP contribution is -2.23. The van der Waals surface area contributed by atoms with E-state index < -0.39 is 0 Å². The highest BCUT2D eigenvalue weighted by molar-refractivity contribution is 5.75. The van der Waals surface area contributed by atoms with Gasteiger partial charge in [0.15, 0.2) is 0 Å². The molecule has 4 nitrogen and oxygen atoms in total. The lowest BCUT2D eigenvalue weighted by molar-refractivity contribution is -0.121. The van der Waals surface area contributed by atoms with Crippen LogP contribution in [0.2, 0.25) is 0 Å². The molecule has 0 spiro atoms. The van der Waals surface area contributed by atoms with Gasteiger partial charge in [-0.1, -0.05) is 6.92 Å². The number of unbranched alkanes of at least 4 members (excludes halogenated alkanes) is 1. The van der Waals surface area contributed by atoms with Gasteiger partial charge in [0.05, 0.1) is 6.33 Å². The highest BCUT2D eigenvalue weighted by Gasteiger charge is 1.97. The minimum absolute atomic E-state index is 0.167. The first-order valence-electron chi connectivity index (χ1n) is 5.55. The van der Waals surface area contributed by atoms with Crippen LogP contribution < -0.4 is 5.32 Å². The molecule has 0 atom stereocenters. The maximum Gasteiger partial charge on any atom is 0.219 e. The van der Waals surface area contributed by atoms with Gasteiger partial charge in [0.2, 0.25) is 5.91 Å². The molecule has 0 saturated heterocycles. The summed E-state index contributed by atoms with van der Waals surface area (Å²) in [4.78, 5) is 15.1. The number of hydrogen-bond acceptors (Lipinski definition) is 2. The van der Waals surface area contributed by atoms with Crippen LogP contribution in [0.1, 0.15) is 32.6 Å². The Morgan fingerprint density at radius 1 is 1.47 bits per heavy atom. The van der Waals surface area contributed by atoms with E-state index in [1.165, 1.54) is 0 Å². The summed E-state index contributed by atoms with van der Waals surface area (Å²) in [6.45, 7) is 3.77. The van der Waals surface area contributed by atoms with Crippen LogP contribution in [0.15, 0.2) is 18.7 Å². The Labute approximate surface area is 90.7 Å². The maximum atomic E-state index is 11.1. The third kappa shape index (κ3) is 5.20. The van der Waals surface area contributed by atoms with Crippen molar-refractivity contribution in [2.45, 2.75) is 39.2 Å². The van der Waals surface area contributed by atoms with Gasteiger partial charge in [-0.2, -0.15) is 0 Å². The van der Waals surface area contributed by atoms with Gasteiger partial charge < -0.3 is 9.88 Å². The van der Waals surface area contributed by atoms with Gasteiger partial charge in [0.25, 0.3) is 0 Å². The third-order valence-electron chi connectivity index (χ3n) is 2.20. The van der Waals surface area contributed by atoms with E-state index in [0.717, 1.165) is 32.4 Å². The van der Waals surface area contributed by atoms with Gasteiger partial charge in [0, 0.05) is 31.9 Å². The summed E-state index contributed by atoms with van der Waals surface area (Å²) in [5.41, 5.74) is 0. The van der Waals surface area contributed by atoms with Crippen LogP contribution in [0.5, 0.6) is 0 Å².